The van der Waals surface area contributed by atoms with E-state index in [4.69, 9.17) is 12.6 Å². The van der Waals surface area contributed by atoms with E-state index in [1.54, 1.807) is 17.5 Å². The molecule has 1 nitrogen and oxygen atoms in total. The van der Waals surface area contributed by atoms with Crippen molar-refractivity contribution < 1.29 is 51.4 Å². The van der Waals surface area contributed by atoms with Crippen LogP contribution in [-0.2, 0) is 12.6 Å². The molecule has 0 N–H and O–H groups in total. The maximum absolute atomic E-state index is 5.00. The fourth-order valence-electron chi connectivity index (χ4n) is 0.860. The van der Waals surface area contributed by atoms with Gasteiger partial charge in [-0.05, 0) is 16.2 Å². The number of hydrogen-bond donors (Lipinski definition) is 0. The van der Waals surface area contributed by atoms with Crippen molar-refractivity contribution in [2.24, 2.45) is 0 Å². The van der Waals surface area contributed by atoms with Crippen LogP contribution in [0, 0.1) is 0 Å². The van der Waals surface area contributed by atoms with Gasteiger partial charge in [0.1, 0.15) is 0 Å². The average molecular weight is 205 g/mol. The summed E-state index contributed by atoms with van der Waals surface area (Å²) in [5, 5.41) is 1.20. The summed E-state index contributed by atoms with van der Waals surface area (Å²) in [6.07, 6.45) is 3.62. The molecule has 0 radical (unpaired) electrons. The van der Waals surface area contributed by atoms with Crippen molar-refractivity contribution >= 4 is 34.1 Å². The molecule has 11 heavy (non-hydrogen) atoms. The first-order valence-electron chi connectivity index (χ1n) is 2.87. The Morgan fingerprint density at radius 1 is 1.45 bits per heavy atom. The first kappa shape index (κ1) is 10.0. The molecule has 0 amide bonds. The molecule has 2 rings (SSSR count). The van der Waals surface area contributed by atoms with Crippen molar-refractivity contribution in [3.63, 3.8) is 0 Å². The number of nitrogens with zero attached hydrogens (tertiary/aromatic N) is 1. The van der Waals surface area contributed by atoms with Crippen LogP contribution in [0.15, 0.2) is 28.7 Å². The summed E-state index contributed by atoms with van der Waals surface area (Å²) >= 11 is 6.61. The van der Waals surface area contributed by atoms with E-state index in [1.165, 1.54) is 10.1 Å². The number of pyridine rings is 1. The topological polar surface area (TPSA) is 12.9 Å². The SMILES string of the molecule is [K+].[S-]c1cc2ccncc2s1. The van der Waals surface area contributed by atoms with E-state index in [0.717, 1.165) is 4.21 Å². The summed E-state index contributed by atoms with van der Waals surface area (Å²) in [6, 6.07) is 3.97. The standard InChI is InChI=1S/C7H5NS2.K/c9-7-3-5-1-2-8-4-6(5)10-7;/h1-4,9H;/q;+1/p-1. The predicted molar refractivity (Wildman–Crippen MR) is 45.3 cm³/mol. The molecule has 2 aromatic rings. The molecule has 4 heteroatoms. The van der Waals surface area contributed by atoms with Gasteiger partial charge in [-0.1, -0.05) is 6.07 Å². The first-order valence-corrected chi connectivity index (χ1v) is 4.09. The van der Waals surface area contributed by atoms with Crippen molar-refractivity contribution in [1.29, 1.82) is 0 Å². The molecule has 0 bridgehead atoms. The fourth-order valence-corrected chi connectivity index (χ4v) is 2.02. The number of rotatable bonds is 0. The van der Waals surface area contributed by atoms with Crippen LogP contribution in [0.3, 0.4) is 0 Å². The van der Waals surface area contributed by atoms with E-state index in [2.05, 4.69) is 4.98 Å². The molecule has 0 aliphatic rings. The van der Waals surface area contributed by atoms with Gasteiger partial charge in [-0.3, -0.25) is 4.98 Å². The molecule has 0 aliphatic heterocycles. The van der Waals surface area contributed by atoms with Gasteiger partial charge in [0.15, 0.2) is 0 Å². The minimum absolute atomic E-state index is 0. The van der Waals surface area contributed by atoms with Gasteiger partial charge in [-0.2, -0.15) is 0 Å². The third kappa shape index (κ3) is 2.21. The van der Waals surface area contributed by atoms with Gasteiger partial charge >= 0.3 is 51.4 Å². The van der Waals surface area contributed by atoms with Crippen LogP contribution in [-0.4, -0.2) is 4.98 Å². The molecule has 50 valence electrons. The monoisotopic (exact) mass is 205 g/mol. The van der Waals surface area contributed by atoms with Gasteiger partial charge in [0.2, 0.25) is 0 Å². The molecule has 2 heterocycles. The summed E-state index contributed by atoms with van der Waals surface area (Å²) in [5.74, 6) is 0. The van der Waals surface area contributed by atoms with E-state index in [9.17, 15) is 0 Å². The van der Waals surface area contributed by atoms with Crippen molar-refractivity contribution in [3.05, 3.63) is 24.5 Å². The van der Waals surface area contributed by atoms with Crippen LogP contribution in [0.2, 0.25) is 0 Å². The number of hydrogen-bond acceptors (Lipinski definition) is 3. The third-order valence-corrected chi connectivity index (χ3v) is 2.55. The second kappa shape index (κ2) is 4.27. The molecule has 0 atom stereocenters. The third-order valence-electron chi connectivity index (χ3n) is 1.30. The predicted octanol–water partition coefficient (Wildman–Crippen LogP) is -0.794. The van der Waals surface area contributed by atoms with Crippen LogP contribution >= 0.6 is 11.3 Å². The Morgan fingerprint density at radius 3 is 3.00 bits per heavy atom. The van der Waals surface area contributed by atoms with Crippen LogP contribution in [0.1, 0.15) is 0 Å². The van der Waals surface area contributed by atoms with Crippen molar-refractivity contribution in [1.82, 2.24) is 4.98 Å². The van der Waals surface area contributed by atoms with E-state index in [0.29, 0.717) is 0 Å². The Bertz CT molecular complexity index is 325. The van der Waals surface area contributed by atoms with Crippen molar-refractivity contribution in [2.45, 2.75) is 4.21 Å². The van der Waals surface area contributed by atoms with Crippen molar-refractivity contribution in [2.75, 3.05) is 0 Å². The molecular formula is C7H4KNS2. The molecule has 0 unspecified atom stereocenters. The largest absolute Gasteiger partial charge is 1.00 e. The van der Waals surface area contributed by atoms with Crippen LogP contribution in [0.25, 0.3) is 10.1 Å². The number of aromatic nitrogens is 1. The molecule has 0 saturated carbocycles. The smallest absolute Gasteiger partial charge is 0.428 e. The number of fused-ring (bicyclic) bond motifs is 1. The molecule has 2 aromatic heterocycles. The molecule has 0 aromatic carbocycles. The van der Waals surface area contributed by atoms with Crippen LogP contribution in [0.5, 0.6) is 0 Å². The second-order valence-electron chi connectivity index (χ2n) is 1.98. The van der Waals surface area contributed by atoms with Gasteiger partial charge < -0.3 is 24.0 Å². The minimum Gasteiger partial charge on any atom is -0.428 e. The molecule has 0 fully saturated rings. The Labute approximate surface area is 117 Å². The van der Waals surface area contributed by atoms with Gasteiger partial charge in [-0.15, -0.1) is 4.21 Å². The second-order valence-corrected chi connectivity index (χ2v) is 3.76. The van der Waals surface area contributed by atoms with Gasteiger partial charge in [0.25, 0.3) is 0 Å². The fraction of sp³-hybridized carbons (Fsp3) is 0. The van der Waals surface area contributed by atoms with Crippen LogP contribution in [0.4, 0.5) is 0 Å². The van der Waals surface area contributed by atoms with Gasteiger partial charge in [-0.25, -0.2) is 0 Å². The summed E-state index contributed by atoms with van der Waals surface area (Å²) < 4.78 is 2.11. The Kier molecular flexibility index (Phi) is 3.90. The molecule has 0 saturated heterocycles. The zero-order valence-corrected chi connectivity index (χ0v) is 10.8. The van der Waals surface area contributed by atoms with Crippen molar-refractivity contribution in [3.8, 4) is 0 Å². The van der Waals surface area contributed by atoms with E-state index in [1.807, 2.05) is 18.3 Å². The Balaban J connectivity index is 0.000000605. The maximum Gasteiger partial charge on any atom is 1.00 e. The zero-order chi connectivity index (χ0) is 6.97. The Hall–Kier alpha value is 0.966. The maximum atomic E-state index is 5.00. The summed E-state index contributed by atoms with van der Waals surface area (Å²) in [7, 11) is 0. The minimum atomic E-state index is 0. The molecular weight excluding hydrogens is 201 g/mol. The number of thiophene rings is 1. The summed E-state index contributed by atoms with van der Waals surface area (Å²) in [6.45, 7) is 0. The van der Waals surface area contributed by atoms with Gasteiger partial charge in [0.05, 0.1) is 0 Å². The summed E-state index contributed by atoms with van der Waals surface area (Å²) in [5.41, 5.74) is 0. The normalized spacial score (nSPS) is 9.45. The van der Waals surface area contributed by atoms with E-state index in [-0.39, 0.29) is 51.4 Å². The van der Waals surface area contributed by atoms with Crippen LogP contribution < -0.4 is 51.4 Å². The molecule has 0 aliphatic carbocycles. The molecule has 0 spiro atoms. The first-order chi connectivity index (χ1) is 4.86. The quantitative estimate of drug-likeness (QED) is 0.413. The Morgan fingerprint density at radius 2 is 2.27 bits per heavy atom. The van der Waals surface area contributed by atoms with Gasteiger partial charge in [0, 0.05) is 12.4 Å². The average Bonchev–Trinajstić information content (AvgIpc) is 2.27. The zero-order valence-electron chi connectivity index (χ0n) is 6.07. The van der Waals surface area contributed by atoms with E-state index < -0.39 is 0 Å². The van der Waals surface area contributed by atoms with E-state index >= 15 is 0 Å². The summed E-state index contributed by atoms with van der Waals surface area (Å²) in [4.78, 5) is 3.99.